The van der Waals surface area contributed by atoms with Crippen LogP contribution in [0.25, 0.3) is 0 Å². The fraction of sp³-hybridized carbons (Fsp3) is 0.278. The van der Waals surface area contributed by atoms with Gasteiger partial charge >= 0.3 is 5.97 Å². The zero-order valence-electron chi connectivity index (χ0n) is 12.9. The summed E-state index contributed by atoms with van der Waals surface area (Å²) in [5.41, 5.74) is 1.21. The minimum atomic E-state index is -0.439. The molecule has 0 aliphatic heterocycles. The Kier molecular flexibility index (Phi) is 4.97. The van der Waals surface area contributed by atoms with Gasteiger partial charge in [0.2, 0.25) is 0 Å². The van der Waals surface area contributed by atoms with Crippen LogP contribution in [0.5, 0.6) is 5.75 Å². The Morgan fingerprint density at radius 1 is 1.10 bits per heavy atom. The van der Waals surface area contributed by atoms with Gasteiger partial charge in [-0.3, -0.25) is 4.79 Å². The van der Waals surface area contributed by atoms with E-state index in [1.54, 1.807) is 0 Å². The molecule has 0 saturated heterocycles. The Labute approximate surface area is 129 Å². The lowest BCUT2D eigenvalue weighted by Gasteiger charge is -2.32. The number of rotatable bonds is 5. The van der Waals surface area contributed by atoms with E-state index in [1.165, 1.54) is 5.56 Å². The maximum absolute atomic E-state index is 12.6. The van der Waals surface area contributed by atoms with Crippen LogP contribution in [0.3, 0.4) is 0 Å². The van der Waals surface area contributed by atoms with Gasteiger partial charge in [0, 0.05) is 10.2 Å². The van der Waals surface area contributed by atoms with Crippen molar-refractivity contribution < 1.29 is 9.53 Å². The summed E-state index contributed by atoms with van der Waals surface area (Å²) in [4.78, 5) is 12.6. The molecule has 0 amide bonds. The van der Waals surface area contributed by atoms with E-state index in [1.807, 2.05) is 55.5 Å². The van der Waals surface area contributed by atoms with Crippen LogP contribution in [-0.4, -0.2) is 16.2 Å². The van der Waals surface area contributed by atoms with Crippen molar-refractivity contribution >= 4 is 16.2 Å². The smallest absolute Gasteiger partial charge is 0.313 e. The van der Waals surface area contributed by atoms with E-state index in [2.05, 4.69) is 19.1 Å². The number of esters is 1. The van der Waals surface area contributed by atoms with Gasteiger partial charge in [0.15, 0.2) is 0 Å². The molecule has 2 aromatic carbocycles. The summed E-state index contributed by atoms with van der Waals surface area (Å²) in [6.07, 6.45) is 0.925. The quantitative estimate of drug-likeness (QED) is 0.481. The highest BCUT2D eigenvalue weighted by molar-refractivity contribution is 6.27. The normalized spacial score (nSPS) is 15.1. The Bertz CT molecular complexity index is 579. The minimum absolute atomic E-state index is 0.129. The molecule has 0 fully saturated rings. The molecule has 21 heavy (non-hydrogen) atoms. The van der Waals surface area contributed by atoms with Crippen molar-refractivity contribution in [1.82, 2.24) is 0 Å². The number of carbonyl (C=O) groups is 1. The van der Waals surface area contributed by atoms with Crippen LogP contribution in [0.4, 0.5) is 0 Å². The number of benzene rings is 2. The molecule has 0 aliphatic carbocycles. The SMILES string of the molecule is CCC(c1ccccc1)C(C)([SiH3])C(=O)Oc1ccccc1. The van der Waals surface area contributed by atoms with Crippen LogP contribution in [0.15, 0.2) is 60.7 Å². The molecule has 0 saturated carbocycles. The third-order valence-electron chi connectivity index (χ3n) is 3.96. The lowest BCUT2D eigenvalue weighted by atomic mass is 9.84. The minimum Gasteiger partial charge on any atom is -0.426 e. The third-order valence-corrected chi connectivity index (χ3v) is 5.07. The van der Waals surface area contributed by atoms with Gasteiger partial charge in [0.1, 0.15) is 5.75 Å². The largest absolute Gasteiger partial charge is 0.426 e. The average Bonchev–Trinajstić information content (AvgIpc) is 2.50. The maximum Gasteiger partial charge on any atom is 0.313 e. The van der Waals surface area contributed by atoms with Crippen LogP contribution in [0.2, 0.25) is 5.04 Å². The van der Waals surface area contributed by atoms with Crippen molar-refractivity contribution in [2.24, 2.45) is 0 Å². The molecular formula is C18H22O2Si. The lowest BCUT2D eigenvalue weighted by molar-refractivity contribution is -0.138. The summed E-state index contributed by atoms with van der Waals surface area (Å²) >= 11 is 0. The highest BCUT2D eigenvalue weighted by Gasteiger charge is 2.38. The molecule has 0 aromatic heterocycles. The van der Waals surface area contributed by atoms with Crippen molar-refractivity contribution in [2.45, 2.75) is 31.2 Å². The summed E-state index contributed by atoms with van der Waals surface area (Å²) < 4.78 is 5.58. The van der Waals surface area contributed by atoms with Crippen LogP contribution >= 0.6 is 0 Å². The van der Waals surface area contributed by atoms with Crippen molar-refractivity contribution in [3.63, 3.8) is 0 Å². The second kappa shape index (κ2) is 6.72. The van der Waals surface area contributed by atoms with E-state index in [-0.39, 0.29) is 11.9 Å². The summed E-state index contributed by atoms with van der Waals surface area (Å²) in [6.45, 7) is 4.15. The molecule has 2 unspecified atom stereocenters. The van der Waals surface area contributed by atoms with Crippen molar-refractivity contribution in [3.8, 4) is 5.75 Å². The van der Waals surface area contributed by atoms with Gasteiger partial charge in [-0.15, -0.1) is 0 Å². The Morgan fingerprint density at radius 3 is 2.14 bits per heavy atom. The monoisotopic (exact) mass is 298 g/mol. The van der Waals surface area contributed by atoms with Gasteiger partial charge in [-0.1, -0.05) is 62.4 Å². The van der Waals surface area contributed by atoms with Crippen LogP contribution in [0.1, 0.15) is 31.7 Å². The van der Waals surface area contributed by atoms with Crippen LogP contribution < -0.4 is 4.74 Å². The van der Waals surface area contributed by atoms with Crippen molar-refractivity contribution in [2.75, 3.05) is 0 Å². The Balaban J connectivity index is 2.21. The highest BCUT2D eigenvalue weighted by atomic mass is 28.1. The van der Waals surface area contributed by atoms with E-state index in [9.17, 15) is 4.79 Å². The first kappa shape index (κ1) is 15.5. The average molecular weight is 298 g/mol. The number of carbonyl (C=O) groups excluding carboxylic acids is 1. The number of para-hydroxylation sites is 1. The summed E-state index contributed by atoms with van der Waals surface area (Å²) in [7, 11) is 0.746. The fourth-order valence-corrected chi connectivity index (χ4v) is 3.56. The van der Waals surface area contributed by atoms with E-state index in [0.717, 1.165) is 16.7 Å². The molecule has 0 radical (unpaired) electrons. The summed E-state index contributed by atoms with van der Waals surface area (Å²) in [5, 5.41) is -0.439. The standard InChI is InChI=1S/C18H22O2Si/c1-3-16(14-10-6-4-7-11-14)18(2,21)17(19)20-15-12-8-5-9-13-15/h4-13,16H,3H2,1-2,21H3. The Hall–Kier alpha value is -1.87. The summed E-state index contributed by atoms with van der Waals surface area (Å²) in [5.74, 6) is 0.685. The molecule has 2 atom stereocenters. The van der Waals surface area contributed by atoms with E-state index < -0.39 is 5.04 Å². The van der Waals surface area contributed by atoms with Crippen molar-refractivity contribution in [1.29, 1.82) is 0 Å². The summed E-state index contributed by atoms with van der Waals surface area (Å²) in [6, 6.07) is 19.6. The van der Waals surface area contributed by atoms with E-state index in [0.29, 0.717) is 5.75 Å². The third kappa shape index (κ3) is 3.61. The molecule has 110 valence electrons. The first-order valence-electron chi connectivity index (χ1n) is 7.38. The Morgan fingerprint density at radius 2 is 1.62 bits per heavy atom. The maximum atomic E-state index is 12.6. The van der Waals surface area contributed by atoms with Crippen LogP contribution in [0, 0.1) is 0 Å². The highest BCUT2D eigenvalue weighted by Crippen LogP contribution is 2.42. The van der Waals surface area contributed by atoms with E-state index >= 15 is 0 Å². The number of hydrogen-bond acceptors (Lipinski definition) is 2. The van der Waals surface area contributed by atoms with Gasteiger partial charge in [-0.25, -0.2) is 0 Å². The molecule has 0 N–H and O–H groups in total. The molecule has 0 spiro atoms. The molecule has 0 bridgehead atoms. The van der Waals surface area contributed by atoms with Crippen LogP contribution in [-0.2, 0) is 4.79 Å². The van der Waals surface area contributed by atoms with Crippen molar-refractivity contribution in [3.05, 3.63) is 66.2 Å². The van der Waals surface area contributed by atoms with Gasteiger partial charge in [-0.2, -0.15) is 0 Å². The van der Waals surface area contributed by atoms with E-state index in [4.69, 9.17) is 4.74 Å². The zero-order chi connectivity index (χ0) is 15.3. The fourth-order valence-electron chi connectivity index (χ4n) is 2.72. The first-order chi connectivity index (χ1) is 10.1. The molecule has 2 nitrogen and oxygen atoms in total. The number of hydrogen-bond donors (Lipinski definition) is 0. The topological polar surface area (TPSA) is 26.3 Å². The van der Waals surface area contributed by atoms with Gasteiger partial charge in [-0.05, 0) is 30.0 Å². The molecule has 0 heterocycles. The first-order valence-corrected chi connectivity index (χ1v) is 8.38. The number of ether oxygens (including phenoxy) is 1. The molecule has 0 aliphatic rings. The molecule has 2 aromatic rings. The predicted octanol–water partition coefficient (Wildman–Crippen LogP) is 3.33. The zero-order valence-corrected chi connectivity index (χ0v) is 14.9. The van der Waals surface area contributed by atoms with Gasteiger partial charge < -0.3 is 4.74 Å². The lowest BCUT2D eigenvalue weighted by Crippen LogP contribution is -2.32. The van der Waals surface area contributed by atoms with Gasteiger partial charge in [0.05, 0.1) is 5.04 Å². The predicted molar refractivity (Wildman–Crippen MR) is 89.9 cm³/mol. The second-order valence-corrected chi connectivity index (χ2v) is 7.87. The van der Waals surface area contributed by atoms with Gasteiger partial charge in [0.25, 0.3) is 0 Å². The molecule has 3 heteroatoms. The molecular weight excluding hydrogens is 276 g/mol. The second-order valence-electron chi connectivity index (χ2n) is 5.80. The molecule has 2 rings (SSSR count).